The number of hydrogen-bond donors (Lipinski definition) is 0. The second-order valence-electron chi connectivity index (χ2n) is 38.2. The smallest absolute Gasteiger partial charge is 0.0799 e. The number of benzene rings is 5. The van der Waals surface area contributed by atoms with Crippen molar-refractivity contribution in [2.24, 2.45) is 23.2 Å². The van der Waals surface area contributed by atoms with Crippen molar-refractivity contribution in [3.63, 3.8) is 0 Å². The number of pyridine rings is 5. The maximum absolute atomic E-state index is 14.7. The molecule has 20 heteroatoms. The van der Waals surface area contributed by atoms with E-state index in [-0.39, 0.29) is 162 Å². The molecule has 10 aromatic rings. The molecule has 0 spiro atoms. The fourth-order valence-electron chi connectivity index (χ4n) is 15.1. The van der Waals surface area contributed by atoms with Gasteiger partial charge in [0.25, 0.3) is 0 Å². The van der Waals surface area contributed by atoms with Crippen LogP contribution in [0.15, 0.2) is 122 Å². The van der Waals surface area contributed by atoms with Crippen LogP contribution in [0.25, 0.3) is 56.3 Å². The Morgan fingerprint density at radius 1 is 0.358 bits per heavy atom. The number of halogens is 5. The van der Waals surface area contributed by atoms with Crippen molar-refractivity contribution in [2.45, 2.75) is 270 Å². The first-order valence-electron chi connectivity index (χ1n) is 48.5. The van der Waals surface area contributed by atoms with Gasteiger partial charge in [-0.05, 0) is 109 Å². The molecule has 12 rings (SSSR count). The van der Waals surface area contributed by atoms with Crippen LogP contribution in [0.2, 0.25) is 98.2 Å². The molecule has 5 heterocycles. The molecule has 0 saturated heterocycles. The quantitative estimate of drug-likeness (QED) is 0.0487. The third kappa shape index (κ3) is 32.3. The maximum Gasteiger partial charge on any atom is 0.0799 e. The topological polar surface area (TPSA) is 64.5 Å². The minimum atomic E-state index is -2.38. The van der Waals surface area contributed by atoms with Crippen molar-refractivity contribution in [1.29, 1.82) is 0 Å². The van der Waals surface area contributed by atoms with E-state index in [0.717, 1.165) is 66.8 Å². The number of hydrogen-bond acceptors (Lipinski definition) is 5. The van der Waals surface area contributed by atoms with Gasteiger partial charge in [0.1, 0.15) is 0 Å². The Morgan fingerprint density at radius 2 is 0.600 bits per heavy atom. The molecule has 0 unspecified atom stereocenters. The van der Waals surface area contributed by atoms with Gasteiger partial charge in [0.2, 0.25) is 0 Å². The van der Waals surface area contributed by atoms with E-state index in [1.165, 1.54) is 131 Å². The van der Waals surface area contributed by atoms with E-state index in [4.69, 9.17) is 21.9 Å². The summed E-state index contributed by atoms with van der Waals surface area (Å²) in [6.45, 7) is 36.7. The van der Waals surface area contributed by atoms with E-state index >= 15 is 0 Å². The summed E-state index contributed by atoms with van der Waals surface area (Å²) in [6, 6.07) is 35.6. The van der Waals surface area contributed by atoms with Gasteiger partial charge < -0.3 is 24.9 Å². The summed E-state index contributed by atoms with van der Waals surface area (Å²) in [7, 11) is -8.00. The SMILES string of the molecule is [2H]C([2H])([2H])c1c[c-]c(-c2cc(C([2H])(C)C)c([Si](C)(C)C)cn2)c(F)c1.[2H]C([2H])([2H])c1c[c-]c(-c2cc(CC(C)(C)C)c([Si](C)(C)C)cn2)c(F)c1.[2H]C([2H])([2H])c1c[c-]c(-c2cc(CC(C)C)c([Si](C)(C)C)cn2)c(F)c1.[2H]C([2H])([2H])c1c[c-]c(-c2cc(CC3CCCC3)c([Si](C)(C)C)cn2)c(F)c1.[2H]C([2H])([2H])c1c[c-]c(-c2cc(CC3CCCCC3)c([Si](C)(C)C)cn2)c(F)c1.[Ir].[Ir].[Ir].[Ir].[Ir]. The van der Waals surface area contributed by atoms with Crippen LogP contribution in [-0.4, -0.2) is 65.3 Å². The number of aryl methyl sites for hydroxylation is 5. The fourth-order valence-corrected chi connectivity index (χ4v) is 23.0. The van der Waals surface area contributed by atoms with E-state index in [1.807, 2.05) is 49.1 Å². The van der Waals surface area contributed by atoms with Crippen molar-refractivity contribution in [1.82, 2.24) is 24.9 Å². The Morgan fingerprint density at radius 3 is 0.850 bits per heavy atom. The Hall–Kier alpha value is -4.17. The molecule has 0 N–H and O–H groups in total. The van der Waals surface area contributed by atoms with Gasteiger partial charge in [-0.1, -0.05) is 325 Å². The zero-order chi connectivity index (χ0) is 98.5. The van der Waals surface area contributed by atoms with Gasteiger partial charge in [-0.25, -0.2) is 0 Å². The van der Waals surface area contributed by atoms with Crippen LogP contribution in [0.4, 0.5) is 22.0 Å². The summed E-state index contributed by atoms with van der Waals surface area (Å²) >= 11 is 0. The summed E-state index contributed by atoms with van der Waals surface area (Å²) in [6.07, 6.45) is 24.7. The minimum absolute atomic E-state index is 0. The Balaban J connectivity index is 0.000000434. The molecule has 120 heavy (non-hydrogen) atoms. The van der Waals surface area contributed by atoms with Crippen LogP contribution < -0.4 is 25.9 Å². The van der Waals surface area contributed by atoms with Gasteiger partial charge in [0.05, 0.1) is 40.4 Å². The molecule has 0 atom stereocenters. The van der Waals surface area contributed by atoms with Crippen molar-refractivity contribution in [3.05, 3.63) is 237 Å². The fraction of sp³-hybridized carbons (Fsp3) is 0.450. The van der Waals surface area contributed by atoms with Gasteiger partial charge >= 0.3 is 0 Å². The molecule has 0 amide bonds. The summed E-state index contributed by atoms with van der Waals surface area (Å²) in [4.78, 5) is 22.4. The van der Waals surface area contributed by atoms with Crippen LogP contribution in [0.5, 0.6) is 0 Å². The van der Waals surface area contributed by atoms with Gasteiger partial charge in [-0.2, -0.15) is 0 Å². The number of rotatable bonds is 18. The molecular formula is C100H131F5Ir5N5Si5-5. The van der Waals surface area contributed by atoms with E-state index in [1.54, 1.807) is 26.1 Å². The van der Waals surface area contributed by atoms with E-state index < -0.39 is 110 Å². The van der Waals surface area contributed by atoms with E-state index in [0.29, 0.717) is 46.2 Å². The van der Waals surface area contributed by atoms with Crippen molar-refractivity contribution in [2.75, 3.05) is 0 Å². The first-order valence-corrected chi connectivity index (χ1v) is 58.0. The van der Waals surface area contributed by atoms with E-state index in [9.17, 15) is 22.0 Å². The maximum atomic E-state index is 14.7. The molecule has 661 valence electrons. The second kappa shape index (κ2) is 47.6. The first-order chi connectivity index (χ1) is 59.9. The molecule has 5 nitrogen and oxygen atoms in total. The van der Waals surface area contributed by atoms with Gasteiger partial charge in [-0.15, -0.1) is 119 Å². The molecule has 2 aliphatic rings. The largest absolute Gasteiger partial charge is 0.305 e. The molecule has 2 aliphatic carbocycles. The molecule has 5 radical (unpaired) electrons. The monoisotopic (exact) mass is 2620 g/mol. The minimum Gasteiger partial charge on any atom is -0.305 e. The normalized spacial score (nSPS) is 15.8. The van der Waals surface area contributed by atoms with Crippen LogP contribution in [-0.2, 0) is 126 Å². The van der Waals surface area contributed by atoms with E-state index in [2.05, 4.69) is 188 Å². The van der Waals surface area contributed by atoms with Gasteiger partial charge in [0.15, 0.2) is 0 Å². The molecule has 0 bridgehead atoms. The van der Waals surface area contributed by atoms with Crippen molar-refractivity contribution < 1.29 is 144 Å². The predicted octanol–water partition coefficient (Wildman–Crippen LogP) is 25.5. The van der Waals surface area contributed by atoms with Crippen molar-refractivity contribution in [3.8, 4) is 56.3 Å². The van der Waals surface area contributed by atoms with Crippen LogP contribution in [0, 0.1) is 117 Å². The third-order valence-corrected chi connectivity index (χ3v) is 31.0. The zero-order valence-corrected chi connectivity index (χ0v) is 90.7. The second-order valence-corrected chi connectivity index (χ2v) is 63.4. The molecule has 0 aliphatic heterocycles. The van der Waals surface area contributed by atoms with Crippen LogP contribution in [0.1, 0.15) is 190 Å². The van der Waals surface area contributed by atoms with Crippen molar-refractivity contribution >= 4 is 66.3 Å². The third-order valence-electron chi connectivity index (χ3n) is 20.8. The summed E-state index contributed by atoms with van der Waals surface area (Å²) in [5, 5.41) is 6.29. The average Bonchev–Trinajstić information content (AvgIpc) is 0.808. The molecular weight excluding hydrogens is 2470 g/mol. The average molecular weight is 2620 g/mol. The summed E-state index contributed by atoms with van der Waals surface area (Å²) in [5.74, 6) is -2.01. The number of aromatic nitrogens is 5. The Labute approximate surface area is 815 Å². The Kier molecular flexibility index (Phi) is 33.8. The number of nitrogens with zero attached hydrogens (tertiary/aromatic N) is 5. The van der Waals surface area contributed by atoms with Gasteiger partial charge in [-0.3, -0.25) is 22.0 Å². The summed E-state index contributed by atoms with van der Waals surface area (Å²) in [5.41, 5.74) is 9.14. The summed E-state index contributed by atoms with van der Waals surface area (Å²) < 4.78 is 192. The molecule has 2 fully saturated rings. The van der Waals surface area contributed by atoms with Crippen LogP contribution >= 0.6 is 0 Å². The standard InChI is InChI=1S/C22H29FNSi.C21H27FNSi.C20H27FNSi.C19H25FNSi.C18H23FNSi.5Ir/c1-16-10-11-19(20(23)12-16)21-14-18(13-17-8-6-5-7-9-17)22(15-24-21)25(2,3)4;1-15-9-10-18(19(22)11-15)20-13-17(12-16-7-5-6-8-16)21(14-23-20)24(2,3)4;1-14-8-9-16(17(21)10-14)18-11-15(12-20(2,3)4)19(13-22-18)23(5,6)7;1-13(2)9-15-11-18(21-12-19(15)22(4,5)6)16-8-7-14(3)10-17(16)20;1-12(2)15-10-17(20-11-18(15)21(4,5)6)14-8-7-13(3)9-16(14)19;;;;;/h10,12,14-15,17H,5-9,13H2,1-4H3;9,11,13-14,16H,5-8,12H2,1-4H3;8,10-11,13H,12H2,1-7H3;7,10-13H,9H2,1-6H3;7,9-12H,1-6H3;;;;;/q5*-1;;;;;/i3*1D3;3D3;3D3,12D;;;;;. The van der Waals surface area contributed by atoms with Crippen LogP contribution in [0.3, 0.4) is 0 Å². The Bertz CT molecular complexity index is 5630. The first kappa shape index (κ1) is 85.3. The zero-order valence-electron chi connectivity index (χ0n) is 89.8. The molecule has 2 saturated carbocycles. The molecule has 5 aromatic carbocycles. The van der Waals surface area contributed by atoms with Gasteiger partial charge in [0, 0.05) is 183 Å². The molecule has 5 aromatic heterocycles. The predicted molar refractivity (Wildman–Crippen MR) is 493 cm³/mol.